The lowest BCUT2D eigenvalue weighted by Gasteiger charge is -2.27. The Bertz CT molecular complexity index is 988. The number of carbonyl (C=O) groups is 1. The van der Waals surface area contributed by atoms with Crippen LogP contribution in [0.3, 0.4) is 0 Å². The molecule has 3 aromatic rings. The second-order valence-corrected chi connectivity index (χ2v) is 7.35. The van der Waals surface area contributed by atoms with Gasteiger partial charge in [0.25, 0.3) is 5.91 Å². The SMILES string of the molecule is CCOc1ccc(N2C(=O)c3ccccc3[C@H]2Nc2cccc(SC)c2)cc1. The molecular formula is C23H22N2O2S. The van der Waals surface area contributed by atoms with Crippen molar-refractivity contribution >= 4 is 29.0 Å². The summed E-state index contributed by atoms with van der Waals surface area (Å²) in [6.45, 7) is 2.57. The van der Waals surface area contributed by atoms with Gasteiger partial charge in [-0.2, -0.15) is 0 Å². The third kappa shape index (κ3) is 3.45. The Morgan fingerprint density at radius 2 is 1.82 bits per heavy atom. The molecule has 0 aromatic heterocycles. The van der Waals surface area contributed by atoms with E-state index in [1.54, 1.807) is 11.8 Å². The van der Waals surface area contributed by atoms with Gasteiger partial charge in [-0.15, -0.1) is 11.8 Å². The molecule has 142 valence electrons. The molecule has 1 amide bonds. The van der Waals surface area contributed by atoms with Crippen LogP contribution < -0.4 is 15.0 Å². The molecule has 0 saturated heterocycles. The molecule has 28 heavy (non-hydrogen) atoms. The Balaban J connectivity index is 1.72. The average Bonchev–Trinajstić information content (AvgIpc) is 3.01. The molecule has 0 bridgehead atoms. The van der Waals surface area contributed by atoms with Crippen LogP contribution in [0.1, 0.15) is 29.0 Å². The number of anilines is 2. The van der Waals surface area contributed by atoms with E-state index in [4.69, 9.17) is 4.74 Å². The predicted octanol–water partition coefficient (Wildman–Crippen LogP) is 5.58. The third-order valence-electron chi connectivity index (χ3n) is 4.76. The van der Waals surface area contributed by atoms with Crippen LogP contribution in [-0.2, 0) is 0 Å². The molecule has 0 fully saturated rings. The summed E-state index contributed by atoms with van der Waals surface area (Å²) in [5, 5.41) is 3.55. The van der Waals surface area contributed by atoms with Gasteiger partial charge in [0.1, 0.15) is 11.9 Å². The molecule has 0 saturated carbocycles. The Labute approximate surface area is 169 Å². The number of carbonyl (C=O) groups excluding carboxylic acids is 1. The molecule has 0 radical (unpaired) electrons. The standard InChI is InChI=1S/C23H22N2O2S/c1-3-27-18-13-11-17(12-14-18)25-22(20-9-4-5-10-21(20)23(25)26)24-16-7-6-8-19(15-16)28-2/h4-15,22,24H,3H2,1-2H3/t22-/m0/s1. The maximum absolute atomic E-state index is 13.2. The highest BCUT2D eigenvalue weighted by Crippen LogP contribution is 2.38. The van der Waals surface area contributed by atoms with Crippen LogP contribution in [0.15, 0.2) is 77.7 Å². The van der Waals surface area contributed by atoms with Crippen LogP contribution in [0.4, 0.5) is 11.4 Å². The average molecular weight is 391 g/mol. The van der Waals surface area contributed by atoms with E-state index in [1.807, 2.05) is 72.5 Å². The minimum Gasteiger partial charge on any atom is -0.494 e. The van der Waals surface area contributed by atoms with E-state index in [0.717, 1.165) is 28.3 Å². The molecule has 1 aliphatic rings. The summed E-state index contributed by atoms with van der Waals surface area (Å²) in [7, 11) is 0. The van der Waals surface area contributed by atoms with Crippen LogP contribution in [0, 0.1) is 0 Å². The monoisotopic (exact) mass is 390 g/mol. The maximum atomic E-state index is 13.2. The van der Waals surface area contributed by atoms with Crippen LogP contribution in [-0.4, -0.2) is 18.8 Å². The fourth-order valence-corrected chi connectivity index (χ4v) is 3.92. The van der Waals surface area contributed by atoms with Crippen molar-refractivity contribution < 1.29 is 9.53 Å². The van der Waals surface area contributed by atoms with E-state index in [1.165, 1.54) is 4.90 Å². The van der Waals surface area contributed by atoms with Crippen molar-refractivity contribution in [3.05, 3.63) is 83.9 Å². The molecule has 1 heterocycles. The van der Waals surface area contributed by atoms with Crippen molar-refractivity contribution in [3.63, 3.8) is 0 Å². The van der Waals surface area contributed by atoms with Gasteiger partial charge in [0, 0.05) is 27.4 Å². The molecule has 5 heteroatoms. The van der Waals surface area contributed by atoms with Crippen molar-refractivity contribution in [2.45, 2.75) is 18.0 Å². The molecule has 4 rings (SSSR count). The Morgan fingerprint density at radius 3 is 2.57 bits per heavy atom. The summed E-state index contributed by atoms with van der Waals surface area (Å²) in [6.07, 6.45) is 1.79. The zero-order chi connectivity index (χ0) is 19.5. The lowest BCUT2D eigenvalue weighted by molar-refractivity contribution is 0.0993. The number of thioether (sulfide) groups is 1. The van der Waals surface area contributed by atoms with Crippen molar-refractivity contribution in [1.82, 2.24) is 0 Å². The normalized spacial score (nSPS) is 15.4. The highest BCUT2D eigenvalue weighted by Gasteiger charge is 2.37. The zero-order valence-electron chi connectivity index (χ0n) is 15.9. The molecule has 1 aliphatic heterocycles. The van der Waals surface area contributed by atoms with Crippen molar-refractivity contribution in [2.24, 2.45) is 0 Å². The molecule has 0 spiro atoms. The Kier molecular flexibility index (Phi) is 5.26. The number of rotatable bonds is 6. The Morgan fingerprint density at radius 1 is 1.04 bits per heavy atom. The number of hydrogen-bond donors (Lipinski definition) is 1. The Hall–Kier alpha value is -2.92. The largest absolute Gasteiger partial charge is 0.494 e. The molecule has 3 aromatic carbocycles. The first kappa shape index (κ1) is 18.4. The van der Waals surface area contributed by atoms with Gasteiger partial charge in [-0.25, -0.2) is 0 Å². The smallest absolute Gasteiger partial charge is 0.260 e. The van der Waals surface area contributed by atoms with Gasteiger partial charge in [-0.1, -0.05) is 24.3 Å². The van der Waals surface area contributed by atoms with E-state index in [0.29, 0.717) is 6.61 Å². The van der Waals surface area contributed by atoms with Gasteiger partial charge in [0.2, 0.25) is 0 Å². The molecule has 0 unspecified atom stereocenters. The van der Waals surface area contributed by atoms with E-state index >= 15 is 0 Å². The van der Waals surface area contributed by atoms with Crippen molar-refractivity contribution in [3.8, 4) is 5.75 Å². The number of fused-ring (bicyclic) bond motifs is 1. The van der Waals surface area contributed by atoms with Gasteiger partial charge in [-0.05, 0) is 61.7 Å². The molecule has 4 nitrogen and oxygen atoms in total. The number of nitrogens with one attached hydrogen (secondary N) is 1. The topological polar surface area (TPSA) is 41.6 Å². The lowest BCUT2D eigenvalue weighted by Crippen LogP contribution is -2.32. The van der Waals surface area contributed by atoms with Gasteiger partial charge in [-0.3, -0.25) is 9.69 Å². The molecule has 1 atom stereocenters. The highest BCUT2D eigenvalue weighted by molar-refractivity contribution is 7.98. The lowest BCUT2D eigenvalue weighted by atomic mass is 10.1. The number of amides is 1. The fourth-order valence-electron chi connectivity index (χ4n) is 3.47. The summed E-state index contributed by atoms with van der Waals surface area (Å²) in [5.74, 6) is 0.797. The predicted molar refractivity (Wildman–Crippen MR) is 115 cm³/mol. The second-order valence-electron chi connectivity index (χ2n) is 6.47. The fraction of sp³-hybridized carbons (Fsp3) is 0.174. The molecular weight excluding hydrogens is 368 g/mol. The molecule has 0 aliphatic carbocycles. The summed E-state index contributed by atoms with van der Waals surface area (Å²) < 4.78 is 5.54. The quantitative estimate of drug-likeness (QED) is 0.558. The number of ether oxygens (including phenoxy) is 1. The summed E-state index contributed by atoms with van der Waals surface area (Å²) in [4.78, 5) is 16.2. The number of hydrogen-bond acceptors (Lipinski definition) is 4. The first-order valence-corrected chi connectivity index (χ1v) is 10.5. The van der Waals surface area contributed by atoms with E-state index in [9.17, 15) is 4.79 Å². The number of benzene rings is 3. The number of nitrogens with zero attached hydrogens (tertiary/aromatic N) is 1. The summed E-state index contributed by atoms with van der Waals surface area (Å²) in [5.41, 5.74) is 3.53. The summed E-state index contributed by atoms with van der Waals surface area (Å²) in [6, 6.07) is 23.7. The van der Waals surface area contributed by atoms with Crippen LogP contribution in [0.25, 0.3) is 0 Å². The highest BCUT2D eigenvalue weighted by atomic mass is 32.2. The zero-order valence-corrected chi connectivity index (χ0v) is 16.7. The first-order chi connectivity index (χ1) is 13.7. The van der Waals surface area contributed by atoms with Crippen molar-refractivity contribution in [2.75, 3.05) is 23.1 Å². The minimum atomic E-state index is -0.265. The minimum absolute atomic E-state index is 0.00159. The second kappa shape index (κ2) is 7.98. The van der Waals surface area contributed by atoms with Gasteiger partial charge in [0.05, 0.1) is 6.61 Å². The maximum Gasteiger partial charge on any atom is 0.260 e. The molecule has 1 N–H and O–H groups in total. The first-order valence-electron chi connectivity index (χ1n) is 9.27. The van der Waals surface area contributed by atoms with Gasteiger partial charge >= 0.3 is 0 Å². The van der Waals surface area contributed by atoms with Crippen LogP contribution >= 0.6 is 11.8 Å². The van der Waals surface area contributed by atoms with Gasteiger partial charge in [0.15, 0.2) is 0 Å². The third-order valence-corrected chi connectivity index (χ3v) is 5.49. The van der Waals surface area contributed by atoms with Crippen LogP contribution in [0.2, 0.25) is 0 Å². The van der Waals surface area contributed by atoms with E-state index in [2.05, 4.69) is 23.7 Å². The van der Waals surface area contributed by atoms with E-state index < -0.39 is 0 Å². The van der Waals surface area contributed by atoms with E-state index in [-0.39, 0.29) is 12.1 Å². The summed E-state index contributed by atoms with van der Waals surface area (Å²) >= 11 is 1.70. The van der Waals surface area contributed by atoms with Gasteiger partial charge < -0.3 is 10.1 Å². The van der Waals surface area contributed by atoms with Crippen molar-refractivity contribution in [1.29, 1.82) is 0 Å². The van der Waals surface area contributed by atoms with Crippen LogP contribution in [0.5, 0.6) is 5.75 Å².